The summed E-state index contributed by atoms with van der Waals surface area (Å²) in [7, 11) is 1.48. The fraction of sp³-hybridized carbons (Fsp3) is 0.130. The van der Waals surface area contributed by atoms with Crippen LogP contribution in [0, 0.1) is 22.6 Å². The summed E-state index contributed by atoms with van der Waals surface area (Å²) in [4.78, 5) is 8.28. The Morgan fingerprint density at radius 3 is 2.79 bits per heavy atom. The van der Waals surface area contributed by atoms with E-state index in [1.807, 2.05) is 6.92 Å². The van der Waals surface area contributed by atoms with E-state index in [1.165, 1.54) is 24.2 Å². The van der Waals surface area contributed by atoms with Gasteiger partial charge in [0.25, 0.3) is 0 Å². The van der Waals surface area contributed by atoms with Crippen LogP contribution in [-0.4, -0.2) is 37.8 Å². The molecule has 0 aliphatic heterocycles. The van der Waals surface area contributed by atoms with Gasteiger partial charge in [-0.3, -0.25) is 5.41 Å². The van der Waals surface area contributed by atoms with E-state index in [1.54, 1.807) is 42.6 Å². The molecule has 4 N–H and O–H groups in total. The molecule has 0 saturated heterocycles. The first kappa shape index (κ1) is 22.3. The quantitative estimate of drug-likeness (QED) is 0.358. The Balaban J connectivity index is 1.65. The molecule has 1 atom stereocenters. The van der Waals surface area contributed by atoms with Crippen molar-refractivity contribution in [2.24, 2.45) is 0 Å². The van der Waals surface area contributed by atoms with Crippen molar-refractivity contribution in [3.63, 3.8) is 0 Å². The van der Waals surface area contributed by atoms with Gasteiger partial charge in [-0.25, -0.2) is 19.0 Å². The molecule has 0 fully saturated rings. The van der Waals surface area contributed by atoms with Gasteiger partial charge in [0.1, 0.15) is 40.9 Å². The van der Waals surface area contributed by atoms with Crippen LogP contribution in [0.5, 0.6) is 5.75 Å². The highest BCUT2D eigenvalue weighted by atomic mass is 19.1. The van der Waals surface area contributed by atoms with Gasteiger partial charge in [-0.2, -0.15) is 5.26 Å². The normalized spacial score (nSPS) is 11.5. The van der Waals surface area contributed by atoms with Crippen molar-refractivity contribution < 1.29 is 9.13 Å². The number of methoxy groups -OCH3 is 1. The van der Waals surface area contributed by atoms with Crippen molar-refractivity contribution in [3.05, 3.63) is 83.2 Å². The Morgan fingerprint density at radius 2 is 2.06 bits per heavy atom. The highest BCUT2D eigenvalue weighted by Crippen LogP contribution is 2.27. The second-order valence-electron chi connectivity index (χ2n) is 7.32. The lowest BCUT2D eigenvalue weighted by Crippen LogP contribution is -2.16. The number of halogens is 1. The molecule has 4 rings (SSSR count). The number of ether oxygens (including phenoxy) is 1. The van der Waals surface area contributed by atoms with E-state index in [9.17, 15) is 9.65 Å². The number of nitrogens with zero attached hydrogens (tertiary/aromatic N) is 6. The molecular weight excluding hydrogens is 437 g/mol. The van der Waals surface area contributed by atoms with Crippen LogP contribution >= 0.6 is 0 Å². The predicted octanol–water partition coefficient (Wildman–Crippen LogP) is 3.25. The first-order chi connectivity index (χ1) is 16.4. The second-order valence-corrected chi connectivity index (χ2v) is 7.32. The van der Waals surface area contributed by atoms with Gasteiger partial charge in [0.2, 0.25) is 0 Å². The molecule has 0 spiro atoms. The van der Waals surface area contributed by atoms with E-state index in [4.69, 9.17) is 15.9 Å². The van der Waals surface area contributed by atoms with Crippen LogP contribution in [-0.2, 0) is 0 Å². The van der Waals surface area contributed by atoms with E-state index >= 15 is 0 Å². The minimum atomic E-state index is -0.422. The second kappa shape index (κ2) is 9.33. The number of nitrogens with one attached hydrogen (secondary N) is 2. The van der Waals surface area contributed by atoms with Crippen LogP contribution in [0.4, 0.5) is 16.0 Å². The summed E-state index contributed by atoms with van der Waals surface area (Å²) in [6.07, 6.45) is 2.89. The molecule has 0 aliphatic rings. The molecule has 2 aromatic heterocycles. The molecule has 4 aromatic rings. The molecule has 0 amide bonds. The van der Waals surface area contributed by atoms with Crippen LogP contribution in [0.25, 0.3) is 5.69 Å². The van der Waals surface area contributed by atoms with Gasteiger partial charge in [0, 0.05) is 5.56 Å². The molecule has 34 heavy (non-hydrogen) atoms. The zero-order chi connectivity index (χ0) is 24.2. The molecule has 0 bridgehead atoms. The Hall–Kier alpha value is -4.85. The lowest BCUT2D eigenvalue weighted by molar-refractivity contribution is 0.414. The molecule has 0 saturated carbocycles. The van der Waals surface area contributed by atoms with Crippen molar-refractivity contribution in [3.8, 4) is 17.5 Å². The third kappa shape index (κ3) is 4.37. The van der Waals surface area contributed by atoms with Crippen LogP contribution in [0.15, 0.2) is 55.0 Å². The zero-order valence-electron chi connectivity index (χ0n) is 18.3. The Kier molecular flexibility index (Phi) is 6.13. The molecule has 11 heteroatoms. The van der Waals surface area contributed by atoms with E-state index < -0.39 is 11.9 Å². The molecule has 0 aliphatic carbocycles. The van der Waals surface area contributed by atoms with E-state index in [-0.39, 0.29) is 22.8 Å². The van der Waals surface area contributed by atoms with E-state index in [0.717, 1.165) is 0 Å². The summed E-state index contributed by atoms with van der Waals surface area (Å²) in [5, 5.41) is 29.4. The fourth-order valence-electron chi connectivity index (χ4n) is 3.33. The van der Waals surface area contributed by atoms with Crippen molar-refractivity contribution in [2.75, 3.05) is 18.2 Å². The smallest absolute Gasteiger partial charge is 0.148 e. The summed E-state index contributed by atoms with van der Waals surface area (Å²) in [5.74, 6) is 0.397. The summed E-state index contributed by atoms with van der Waals surface area (Å²) in [5.41, 5.74) is 7.92. The molecular formula is C23H20FN9O. The minimum Gasteiger partial charge on any atom is -0.497 e. The summed E-state index contributed by atoms with van der Waals surface area (Å²) in [6, 6.07) is 12.6. The van der Waals surface area contributed by atoms with Crippen molar-refractivity contribution in [1.82, 2.24) is 25.0 Å². The monoisotopic (exact) mass is 457 g/mol. The number of nitrogen functional groups attached to an aromatic ring is 1. The average molecular weight is 457 g/mol. The maximum atomic E-state index is 14.1. The number of hydrogen-bond acceptors (Lipinski definition) is 9. The predicted molar refractivity (Wildman–Crippen MR) is 123 cm³/mol. The van der Waals surface area contributed by atoms with Crippen molar-refractivity contribution in [1.29, 1.82) is 10.7 Å². The van der Waals surface area contributed by atoms with Crippen LogP contribution in [0.2, 0.25) is 0 Å². The first-order valence-electron chi connectivity index (χ1n) is 10.1. The third-order valence-electron chi connectivity index (χ3n) is 5.09. The Bertz CT molecular complexity index is 1410. The van der Waals surface area contributed by atoms with Crippen molar-refractivity contribution >= 4 is 17.3 Å². The number of para-hydroxylation sites is 1. The number of nitriles is 1. The standard InChI is InChI=1S/C23H20FN9O/c1-13(18-11-33(32-31-18)19-6-4-3-5-17(19)24)30-23-20(22(27)28-12-29-23)21(26)15-7-14(10-25)8-16(9-15)34-2/h3-9,11-13,26H,1-2H3,(H3,27,28,29,30). The maximum absolute atomic E-state index is 14.1. The number of aromatic nitrogens is 5. The van der Waals surface area contributed by atoms with E-state index in [2.05, 4.69) is 31.7 Å². The fourth-order valence-corrected chi connectivity index (χ4v) is 3.33. The van der Waals surface area contributed by atoms with Crippen LogP contribution in [0.3, 0.4) is 0 Å². The number of rotatable bonds is 7. The van der Waals surface area contributed by atoms with Gasteiger partial charge >= 0.3 is 0 Å². The van der Waals surface area contributed by atoms with Crippen LogP contribution < -0.4 is 15.8 Å². The highest BCUT2D eigenvalue weighted by molar-refractivity contribution is 6.16. The average Bonchev–Trinajstić information content (AvgIpc) is 3.34. The summed E-state index contributed by atoms with van der Waals surface area (Å²) >= 11 is 0. The number of anilines is 2. The largest absolute Gasteiger partial charge is 0.497 e. The number of nitrogens with two attached hydrogens (primary N) is 1. The molecule has 1 unspecified atom stereocenters. The lowest BCUT2D eigenvalue weighted by Gasteiger charge is -2.17. The third-order valence-corrected chi connectivity index (χ3v) is 5.09. The van der Waals surface area contributed by atoms with Gasteiger partial charge in [0.15, 0.2) is 0 Å². The first-order valence-corrected chi connectivity index (χ1v) is 10.1. The Morgan fingerprint density at radius 1 is 1.26 bits per heavy atom. The topological polar surface area (TPSA) is 151 Å². The van der Waals surface area contributed by atoms with Crippen molar-refractivity contribution in [2.45, 2.75) is 13.0 Å². The van der Waals surface area contributed by atoms with Gasteiger partial charge in [-0.15, -0.1) is 5.10 Å². The molecule has 0 radical (unpaired) electrons. The zero-order valence-corrected chi connectivity index (χ0v) is 18.3. The number of hydrogen-bond donors (Lipinski definition) is 3. The van der Waals surface area contributed by atoms with Gasteiger partial charge in [-0.05, 0) is 37.3 Å². The Labute approximate surface area is 194 Å². The molecule has 2 heterocycles. The van der Waals surface area contributed by atoms with Gasteiger partial charge in [0.05, 0.1) is 42.3 Å². The van der Waals surface area contributed by atoms with Gasteiger partial charge in [-0.1, -0.05) is 17.3 Å². The molecule has 10 nitrogen and oxygen atoms in total. The maximum Gasteiger partial charge on any atom is 0.148 e. The summed E-state index contributed by atoms with van der Waals surface area (Å²) < 4.78 is 20.7. The SMILES string of the molecule is COc1cc(C#N)cc(C(=N)c2c(N)ncnc2NC(C)c2cn(-c3ccccc3F)nn2)c1. The van der Waals surface area contributed by atoms with Gasteiger partial charge < -0.3 is 15.8 Å². The lowest BCUT2D eigenvalue weighted by atomic mass is 10.0. The minimum absolute atomic E-state index is 0.0122. The summed E-state index contributed by atoms with van der Waals surface area (Å²) in [6.45, 7) is 1.82. The number of benzene rings is 2. The van der Waals surface area contributed by atoms with E-state index in [0.29, 0.717) is 28.4 Å². The highest BCUT2D eigenvalue weighted by Gasteiger charge is 2.20. The van der Waals surface area contributed by atoms with Crippen LogP contribution in [0.1, 0.15) is 35.3 Å². The molecule has 2 aromatic carbocycles. The molecule has 170 valence electrons.